The molecule has 28 heavy (non-hydrogen) atoms. The molecule has 150 valence electrons. The Morgan fingerprint density at radius 1 is 1.18 bits per heavy atom. The lowest BCUT2D eigenvalue weighted by atomic mass is 10.0. The topological polar surface area (TPSA) is 114 Å². The van der Waals surface area contributed by atoms with E-state index in [1.807, 2.05) is 31.3 Å². The molecule has 5 N–H and O–H groups in total. The van der Waals surface area contributed by atoms with Gasteiger partial charge >= 0.3 is 0 Å². The number of anilines is 1. The number of para-hydroxylation sites is 1. The Bertz CT molecular complexity index is 1060. The summed E-state index contributed by atoms with van der Waals surface area (Å²) in [5.74, 6) is -0.193. The zero-order valence-corrected chi connectivity index (χ0v) is 16.6. The average molecular weight is 404 g/mol. The van der Waals surface area contributed by atoms with Gasteiger partial charge in [0.05, 0.1) is 18.0 Å². The Morgan fingerprint density at radius 3 is 2.68 bits per heavy atom. The Kier molecular flexibility index (Phi) is 5.93. The van der Waals surface area contributed by atoms with Crippen LogP contribution < -0.4 is 10.0 Å². The summed E-state index contributed by atoms with van der Waals surface area (Å²) >= 11 is 0. The summed E-state index contributed by atoms with van der Waals surface area (Å²) in [5, 5.41) is 24.7. The highest BCUT2D eigenvalue weighted by molar-refractivity contribution is 7.92. The van der Waals surface area contributed by atoms with Gasteiger partial charge < -0.3 is 20.5 Å². The van der Waals surface area contributed by atoms with Crippen LogP contribution in [0.15, 0.2) is 48.7 Å². The maximum atomic E-state index is 11.4. The van der Waals surface area contributed by atoms with E-state index in [0.29, 0.717) is 12.1 Å². The van der Waals surface area contributed by atoms with Crippen LogP contribution in [0.4, 0.5) is 5.69 Å². The molecule has 2 unspecified atom stereocenters. The third-order valence-corrected chi connectivity index (χ3v) is 5.15. The fraction of sp³-hybridized carbons (Fsp3) is 0.300. The molecule has 3 rings (SSSR count). The van der Waals surface area contributed by atoms with Crippen LogP contribution in [0.1, 0.15) is 24.2 Å². The molecule has 8 heteroatoms. The Hall–Kier alpha value is -2.55. The van der Waals surface area contributed by atoms with Crippen LogP contribution >= 0.6 is 0 Å². The van der Waals surface area contributed by atoms with E-state index < -0.39 is 16.1 Å². The van der Waals surface area contributed by atoms with Crippen LogP contribution in [0.5, 0.6) is 5.75 Å². The monoisotopic (exact) mass is 403 g/mol. The first-order chi connectivity index (χ1) is 13.2. The second-order valence-electron chi connectivity index (χ2n) is 7.04. The van der Waals surface area contributed by atoms with Gasteiger partial charge in [0.2, 0.25) is 10.0 Å². The number of fused-ring (bicyclic) bond motifs is 1. The molecule has 0 radical (unpaired) electrons. The quantitative estimate of drug-likeness (QED) is 0.371. The number of nitrogens with one attached hydrogen (secondary N) is 3. The van der Waals surface area contributed by atoms with Crippen molar-refractivity contribution in [3.63, 3.8) is 0 Å². The second kappa shape index (κ2) is 8.22. The van der Waals surface area contributed by atoms with Gasteiger partial charge in [0, 0.05) is 29.7 Å². The van der Waals surface area contributed by atoms with Crippen LogP contribution in [-0.4, -0.2) is 42.5 Å². The number of aliphatic hydroxyl groups excluding tert-OH is 1. The third kappa shape index (κ3) is 5.03. The standard InChI is InChI=1S/C20H25N3O4S/c1-13(9-15-11-22-17-6-4-3-5-16(15)17)21-12-20(25)14-7-8-19(24)18(10-14)23-28(2,26)27/h3-8,10-11,13,20-25H,9,12H2,1-2H3. The van der Waals surface area contributed by atoms with Crippen LogP contribution in [-0.2, 0) is 16.4 Å². The van der Waals surface area contributed by atoms with Crippen molar-refractivity contribution >= 4 is 26.6 Å². The van der Waals surface area contributed by atoms with Gasteiger partial charge in [-0.05, 0) is 42.7 Å². The molecule has 0 aliphatic heterocycles. The molecular weight excluding hydrogens is 378 g/mol. The minimum atomic E-state index is -3.53. The van der Waals surface area contributed by atoms with Gasteiger partial charge in [-0.2, -0.15) is 0 Å². The lowest BCUT2D eigenvalue weighted by Gasteiger charge is -2.18. The van der Waals surface area contributed by atoms with Gasteiger partial charge in [-0.15, -0.1) is 0 Å². The van der Waals surface area contributed by atoms with Gasteiger partial charge in [0.15, 0.2) is 0 Å². The van der Waals surface area contributed by atoms with Crippen molar-refractivity contribution in [3.05, 3.63) is 59.8 Å². The highest BCUT2D eigenvalue weighted by Crippen LogP contribution is 2.28. The molecule has 2 atom stereocenters. The largest absolute Gasteiger partial charge is 0.506 e. The van der Waals surface area contributed by atoms with Crippen molar-refractivity contribution < 1.29 is 18.6 Å². The number of aromatic hydroxyl groups is 1. The number of hydrogen-bond donors (Lipinski definition) is 5. The zero-order chi connectivity index (χ0) is 20.3. The summed E-state index contributed by atoms with van der Waals surface area (Å²) < 4.78 is 25.0. The van der Waals surface area contributed by atoms with E-state index in [2.05, 4.69) is 21.1 Å². The van der Waals surface area contributed by atoms with Gasteiger partial charge in [0.1, 0.15) is 5.75 Å². The normalized spacial score (nSPS) is 14.1. The van der Waals surface area contributed by atoms with Crippen molar-refractivity contribution in [2.75, 3.05) is 17.5 Å². The number of aliphatic hydroxyl groups is 1. The van der Waals surface area contributed by atoms with E-state index in [4.69, 9.17) is 0 Å². The highest BCUT2D eigenvalue weighted by atomic mass is 32.2. The maximum Gasteiger partial charge on any atom is 0.229 e. The summed E-state index contributed by atoms with van der Waals surface area (Å²) in [6.07, 6.45) is 2.96. The maximum absolute atomic E-state index is 11.4. The van der Waals surface area contributed by atoms with Crippen molar-refractivity contribution in [3.8, 4) is 5.75 Å². The first-order valence-electron chi connectivity index (χ1n) is 9.00. The summed E-state index contributed by atoms with van der Waals surface area (Å²) in [5.41, 5.74) is 2.86. The molecule has 2 aromatic carbocycles. The molecule has 0 spiro atoms. The number of phenolic OH excluding ortho intramolecular Hbond substituents is 1. The average Bonchev–Trinajstić information content (AvgIpc) is 3.03. The third-order valence-electron chi connectivity index (χ3n) is 4.56. The Labute approximate surface area is 164 Å². The molecule has 0 saturated carbocycles. The second-order valence-corrected chi connectivity index (χ2v) is 8.79. The predicted octanol–water partition coefficient (Wildman–Crippen LogP) is 2.50. The summed E-state index contributed by atoms with van der Waals surface area (Å²) in [7, 11) is -3.53. The molecule has 1 aromatic heterocycles. The van der Waals surface area contributed by atoms with Crippen LogP contribution in [0.3, 0.4) is 0 Å². The smallest absolute Gasteiger partial charge is 0.229 e. The predicted molar refractivity (Wildman–Crippen MR) is 111 cm³/mol. The SMILES string of the molecule is CC(Cc1c[nH]c2ccccc12)NCC(O)c1ccc(O)c(NS(C)(=O)=O)c1. The molecule has 7 nitrogen and oxygen atoms in total. The van der Waals surface area contributed by atoms with Gasteiger partial charge in [-0.3, -0.25) is 4.72 Å². The number of rotatable bonds is 8. The van der Waals surface area contributed by atoms with Crippen molar-refractivity contribution in [2.45, 2.75) is 25.5 Å². The fourth-order valence-electron chi connectivity index (χ4n) is 3.18. The molecule has 0 fully saturated rings. The lowest BCUT2D eigenvalue weighted by molar-refractivity contribution is 0.170. The minimum Gasteiger partial charge on any atom is -0.506 e. The summed E-state index contributed by atoms with van der Waals surface area (Å²) in [6, 6.07) is 12.6. The number of hydrogen-bond acceptors (Lipinski definition) is 5. The molecule has 0 aliphatic carbocycles. The molecule has 0 amide bonds. The zero-order valence-electron chi connectivity index (χ0n) is 15.8. The highest BCUT2D eigenvalue weighted by Gasteiger charge is 2.15. The number of benzene rings is 2. The van der Waals surface area contributed by atoms with E-state index in [-0.39, 0.29) is 17.5 Å². The number of phenols is 1. The minimum absolute atomic E-state index is 0.0471. The summed E-state index contributed by atoms with van der Waals surface area (Å²) in [6.45, 7) is 2.34. The number of aromatic nitrogens is 1. The number of sulfonamides is 1. The fourth-order valence-corrected chi connectivity index (χ4v) is 3.74. The van der Waals surface area contributed by atoms with Crippen LogP contribution in [0.25, 0.3) is 10.9 Å². The van der Waals surface area contributed by atoms with Crippen molar-refractivity contribution in [1.29, 1.82) is 0 Å². The molecule has 0 bridgehead atoms. The van der Waals surface area contributed by atoms with E-state index in [9.17, 15) is 18.6 Å². The summed E-state index contributed by atoms with van der Waals surface area (Å²) in [4.78, 5) is 3.26. The first kappa shape index (κ1) is 20.2. The van der Waals surface area contributed by atoms with E-state index >= 15 is 0 Å². The molecule has 0 saturated heterocycles. The van der Waals surface area contributed by atoms with Gasteiger partial charge in [-0.25, -0.2) is 8.42 Å². The number of aromatic amines is 1. The van der Waals surface area contributed by atoms with Crippen LogP contribution in [0, 0.1) is 0 Å². The van der Waals surface area contributed by atoms with E-state index in [1.165, 1.54) is 23.1 Å². The van der Waals surface area contributed by atoms with Crippen molar-refractivity contribution in [2.24, 2.45) is 0 Å². The van der Waals surface area contributed by atoms with E-state index in [1.54, 1.807) is 6.07 Å². The Balaban J connectivity index is 1.62. The molecule has 0 aliphatic rings. The van der Waals surface area contributed by atoms with E-state index in [0.717, 1.165) is 18.2 Å². The first-order valence-corrected chi connectivity index (χ1v) is 10.9. The van der Waals surface area contributed by atoms with Gasteiger partial charge in [-0.1, -0.05) is 24.3 Å². The Morgan fingerprint density at radius 2 is 1.93 bits per heavy atom. The molecule has 3 aromatic rings. The lowest BCUT2D eigenvalue weighted by Crippen LogP contribution is -2.32. The number of H-pyrrole nitrogens is 1. The van der Waals surface area contributed by atoms with Crippen LogP contribution in [0.2, 0.25) is 0 Å². The van der Waals surface area contributed by atoms with Gasteiger partial charge in [0.25, 0.3) is 0 Å². The molecule has 1 heterocycles. The molecular formula is C20H25N3O4S. The van der Waals surface area contributed by atoms with Crippen molar-refractivity contribution in [1.82, 2.24) is 10.3 Å².